The SMILES string of the molecule is O=c1c(=NNc2nc3ccccc3[nH]2)c(=O)c2ccccc12. The van der Waals surface area contributed by atoms with Crippen molar-refractivity contribution in [3.63, 3.8) is 0 Å². The van der Waals surface area contributed by atoms with Crippen LogP contribution in [0.2, 0.25) is 0 Å². The number of hydrogen-bond acceptors (Lipinski definition) is 5. The summed E-state index contributed by atoms with van der Waals surface area (Å²) in [6, 6.07) is 14.2. The molecule has 0 unspecified atom stereocenters. The van der Waals surface area contributed by atoms with Gasteiger partial charge in [-0.3, -0.25) is 9.59 Å². The van der Waals surface area contributed by atoms with Crippen molar-refractivity contribution < 1.29 is 0 Å². The maximum absolute atomic E-state index is 12.2. The number of rotatable bonds is 2. The molecule has 0 bridgehead atoms. The number of aromatic nitrogens is 2. The van der Waals surface area contributed by atoms with Crippen LogP contribution in [0, 0.1) is 0 Å². The molecule has 22 heavy (non-hydrogen) atoms. The number of para-hydroxylation sites is 2. The van der Waals surface area contributed by atoms with E-state index in [4.69, 9.17) is 0 Å². The smallest absolute Gasteiger partial charge is 0.222 e. The van der Waals surface area contributed by atoms with Crippen LogP contribution in [-0.4, -0.2) is 9.97 Å². The standard InChI is InChI=1S/C16H10N4O2/c21-14-9-5-1-2-6-10(9)15(22)13(14)19-20-16-17-11-7-3-4-8-12(11)18-16/h1-8H,(H2,17,18,20). The van der Waals surface area contributed by atoms with Crippen LogP contribution in [0.1, 0.15) is 0 Å². The van der Waals surface area contributed by atoms with E-state index in [-0.39, 0.29) is 16.2 Å². The molecule has 6 heteroatoms. The molecule has 3 aromatic carbocycles. The third-order valence-corrected chi connectivity index (χ3v) is 3.51. The molecule has 6 nitrogen and oxygen atoms in total. The van der Waals surface area contributed by atoms with Crippen molar-refractivity contribution >= 4 is 27.8 Å². The van der Waals surface area contributed by atoms with Crippen LogP contribution < -0.4 is 21.6 Å². The minimum atomic E-state index is -0.371. The highest BCUT2D eigenvalue weighted by molar-refractivity contribution is 5.83. The van der Waals surface area contributed by atoms with Gasteiger partial charge in [0.05, 0.1) is 11.0 Å². The zero-order chi connectivity index (χ0) is 15.1. The number of hydrogen-bond donors (Lipinski definition) is 2. The van der Waals surface area contributed by atoms with Crippen LogP contribution in [-0.2, 0) is 0 Å². The molecule has 0 amide bonds. The molecule has 0 saturated heterocycles. The summed E-state index contributed by atoms with van der Waals surface area (Å²) >= 11 is 0. The van der Waals surface area contributed by atoms with Gasteiger partial charge in [-0.15, -0.1) is 0 Å². The monoisotopic (exact) mass is 290 g/mol. The van der Waals surface area contributed by atoms with Crippen molar-refractivity contribution in [1.29, 1.82) is 0 Å². The minimum absolute atomic E-state index is 0.123. The topological polar surface area (TPSA) is 87.2 Å². The Morgan fingerprint density at radius 1 is 0.909 bits per heavy atom. The van der Waals surface area contributed by atoms with Gasteiger partial charge in [-0.05, 0) is 12.1 Å². The van der Waals surface area contributed by atoms with Crippen LogP contribution in [0.15, 0.2) is 63.2 Å². The number of fused-ring (bicyclic) bond motifs is 2. The van der Waals surface area contributed by atoms with E-state index in [2.05, 4.69) is 20.5 Å². The summed E-state index contributed by atoms with van der Waals surface area (Å²) < 4.78 is 0. The number of aromatic amines is 1. The van der Waals surface area contributed by atoms with Gasteiger partial charge >= 0.3 is 0 Å². The molecule has 4 rings (SSSR count). The van der Waals surface area contributed by atoms with Gasteiger partial charge in [0.25, 0.3) is 0 Å². The number of anilines is 1. The van der Waals surface area contributed by atoms with Gasteiger partial charge in [0.2, 0.25) is 16.8 Å². The Balaban J connectivity index is 1.83. The van der Waals surface area contributed by atoms with Gasteiger partial charge in [-0.2, -0.15) is 5.10 Å². The van der Waals surface area contributed by atoms with E-state index >= 15 is 0 Å². The summed E-state index contributed by atoms with van der Waals surface area (Å²) in [4.78, 5) is 31.7. The molecule has 2 N–H and O–H groups in total. The molecule has 4 aromatic rings. The summed E-state index contributed by atoms with van der Waals surface area (Å²) in [5.41, 5.74) is 3.53. The predicted molar refractivity (Wildman–Crippen MR) is 84.1 cm³/mol. The number of imidazole rings is 1. The summed E-state index contributed by atoms with van der Waals surface area (Å²) in [7, 11) is 0. The summed E-state index contributed by atoms with van der Waals surface area (Å²) in [5.74, 6) is 0.380. The van der Waals surface area contributed by atoms with Gasteiger partial charge in [-0.1, -0.05) is 36.4 Å². The number of H-pyrrole nitrogens is 1. The van der Waals surface area contributed by atoms with Crippen LogP contribution in [0.4, 0.5) is 5.95 Å². The minimum Gasteiger partial charge on any atom is -0.323 e. The van der Waals surface area contributed by atoms with Crippen molar-refractivity contribution in [3.05, 3.63) is 74.3 Å². The highest BCUT2D eigenvalue weighted by Gasteiger charge is 2.10. The van der Waals surface area contributed by atoms with E-state index in [1.165, 1.54) is 0 Å². The molecule has 0 radical (unpaired) electrons. The van der Waals surface area contributed by atoms with Crippen molar-refractivity contribution in [3.8, 4) is 0 Å². The average molecular weight is 290 g/mol. The lowest BCUT2D eigenvalue weighted by atomic mass is 10.2. The molecule has 0 aliphatic carbocycles. The molecule has 1 heterocycles. The highest BCUT2D eigenvalue weighted by atomic mass is 16.1. The molecule has 1 aromatic heterocycles. The van der Waals surface area contributed by atoms with Crippen molar-refractivity contribution in [1.82, 2.24) is 9.97 Å². The van der Waals surface area contributed by atoms with Crippen LogP contribution in [0.5, 0.6) is 0 Å². The first-order valence-corrected chi connectivity index (χ1v) is 6.71. The second-order valence-electron chi connectivity index (χ2n) is 4.88. The molecular formula is C16H10N4O2. The summed E-state index contributed by atoms with van der Waals surface area (Å²) in [5, 5.41) is 4.59. The predicted octanol–water partition coefficient (Wildman–Crippen LogP) is 1.24. The lowest BCUT2D eigenvalue weighted by Gasteiger charge is -1.90. The molecule has 0 aliphatic rings. The highest BCUT2D eigenvalue weighted by Crippen LogP contribution is 2.12. The van der Waals surface area contributed by atoms with E-state index < -0.39 is 0 Å². The van der Waals surface area contributed by atoms with Gasteiger partial charge in [0.1, 0.15) is 0 Å². The first-order valence-electron chi connectivity index (χ1n) is 6.71. The number of nitrogens with zero attached hydrogens (tertiary/aromatic N) is 2. The molecular weight excluding hydrogens is 280 g/mol. The summed E-state index contributed by atoms with van der Waals surface area (Å²) in [6.45, 7) is 0. The summed E-state index contributed by atoms with van der Waals surface area (Å²) in [6.07, 6.45) is 0. The fourth-order valence-corrected chi connectivity index (χ4v) is 2.45. The van der Waals surface area contributed by atoms with Crippen LogP contribution in [0.25, 0.3) is 21.8 Å². The maximum atomic E-state index is 12.2. The largest absolute Gasteiger partial charge is 0.323 e. The first kappa shape index (κ1) is 12.5. The van der Waals surface area contributed by atoms with Gasteiger partial charge in [-0.25, -0.2) is 10.4 Å². The Bertz CT molecular complexity index is 1070. The van der Waals surface area contributed by atoms with E-state index in [0.717, 1.165) is 11.0 Å². The Hall–Kier alpha value is -3.28. The lowest BCUT2D eigenvalue weighted by Crippen LogP contribution is -2.32. The third-order valence-electron chi connectivity index (χ3n) is 3.51. The van der Waals surface area contributed by atoms with Crippen LogP contribution >= 0.6 is 0 Å². The van der Waals surface area contributed by atoms with E-state index in [9.17, 15) is 9.59 Å². The van der Waals surface area contributed by atoms with Gasteiger partial charge < -0.3 is 4.98 Å². The Labute approximate surface area is 123 Å². The van der Waals surface area contributed by atoms with Crippen molar-refractivity contribution in [2.75, 3.05) is 5.43 Å². The zero-order valence-corrected chi connectivity index (χ0v) is 11.3. The lowest BCUT2D eigenvalue weighted by molar-refractivity contribution is 1.14. The van der Waals surface area contributed by atoms with Gasteiger partial charge in [0.15, 0.2) is 5.36 Å². The zero-order valence-electron chi connectivity index (χ0n) is 11.3. The van der Waals surface area contributed by atoms with E-state index in [0.29, 0.717) is 16.7 Å². The molecule has 0 saturated carbocycles. The third kappa shape index (κ3) is 1.81. The second-order valence-corrected chi connectivity index (χ2v) is 4.88. The molecule has 0 aliphatic heterocycles. The average Bonchev–Trinajstić information content (AvgIpc) is 3.06. The Morgan fingerprint density at radius 2 is 1.55 bits per heavy atom. The molecule has 106 valence electrons. The fraction of sp³-hybridized carbons (Fsp3) is 0. The number of nitrogens with one attached hydrogen (secondary N) is 2. The molecule has 0 fully saturated rings. The van der Waals surface area contributed by atoms with E-state index in [1.54, 1.807) is 24.3 Å². The molecule has 0 atom stereocenters. The molecule has 0 spiro atoms. The Kier molecular flexibility index (Phi) is 2.62. The van der Waals surface area contributed by atoms with Crippen molar-refractivity contribution in [2.24, 2.45) is 5.10 Å². The number of benzene rings is 2. The normalized spacial score (nSPS) is 11.1. The maximum Gasteiger partial charge on any atom is 0.222 e. The second kappa shape index (κ2) is 4.63. The fourth-order valence-electron chi connectivity index (χ4n) is 2.45. The first-order chi connectivity index (χ1) is 10.7. The quantitative estimate of drug-likeness (QED) is 0.544. The van der Waals surface area contributed by atoms with Crippen molar-refractivity contribution in [2.45, 2.75) is 0 Å². The van der Waals surface area contributed by atoms with E-state index in [1.807, 2.05) is 24.3 Å². The van der Waals surface area contributed by atoms with Gasteiger partial charge in [0, 0.05) is 10.8 Å². The Morgan fingerprint density at radius 3 is 2.23 bits per heavy atom. The van der Waals surface area contributed by atoms with Crippen LogP contribution in [0.3, 0.4) is 0 Å².